The molecule has 5 heteroatoms. The number of esters is 1. The Morgan fingerprint density at radius 1 is 0.889 bits per heavy atom. The summed E-state index contributed by atoms with van der Waals surface area (Å²) in [4.78, 5) is 11.0. The topological polar surface area (TPSA) is 81.8 Å². The van der Waals surface area contributed by atoms with Crippen molar-refractivity contribution in [2.75, 3.05) is 13.2 Å². The van der Waals surface area contributed by atoms with Crippen LogP contribution in [0, 0.1) is 29.6 Å². The molecule has 0 aromatic rings. The molecular formula is C22H39NO4. The fourth-order valence-corrected chi connectivity index (χ4v) is 4.62. The van der Waals surface area contributed by atoms with Crippen LogP contribution >= 0.6 is 0 Å². The lowest BCUT2D eigenvalue weighted by Crippen LogP contribution is -2.21. The van der Waals surface area contributed by atoms with Crippen molar-refractivity contribution in [1.82, 2.24) is 0 Å². The normalized spacial score (nSPS) is 28.9. The number of rotatable bonds is 3. The minimum atomic E-state index is -0.408. The third kappa shape index (κ3) is 9.60. The molecule has 3 fully saturated rings. The average molecular weight is 382 g/mol. The van der Waals surface area contributed by atoms with Crippen LogP contribution in [0.1, 0.15) is 84.5 Å². The van der Waals surface area contributed by atoms with Crippen LogP contribution in [0.25, 0.3) is 0 Å². The van der Waals surface area contributed by atoms with Crippen molar-refractivity contribution >= 4 is 5.97 Å². The molecule has 2 unspecified atom stereocenters. The quantitative estimate of drug-likeness (QED) is 0.326. The second-order valence-corrected chi connectivity index (χ2v) is 7.65. The zero-order chi connectivity index (χ0) is 19.9. The van der Waals surface area contributed by atoms with E-state index < -0.39 is 5.97 Å². The van der Waals surface area contributed by atoms with Gasteiger partial charge in [0.05, 0.1) is 12.7 Å². The number of fused-ring (bicyclic) bond motifs is 1. The maximum absolute atomic E-state index is 11.0. The summed E-state index contributed by atoms with van der Waals surface area (Å²) in [5.74, 6) is 11.3. The minimum Gasteiger partial charge on any atom is -0.456 e. The van der Waals surface area contributed by atoms with E-state index in [0.29, 0.717) is 18.6 Å². The van der Waals surface area contributed by atoms with Gasteiger partial charge in [-0.2, -0.15) is 0 Å². The molecule has 0 bridgehead atoms. The summed E-state index contributed by atoms with van der Waals surface area (Å²) in [5.41, 5.74) is 0. The molecule has 156 valence electrons. The number of nitrogens with two attached hydrogens (primary N) is 1. The van der Waals surface area contributed by atoms with Crippen molar-refractivity contribution in [2.45, 2.75) is 90.6 Å². The van der Waals surface area contributed by atoms with E-state index in [9.17, 15) is 4.79 Å². The highest BCUT2D eigenvalue weighted by Crippen LogP contribution is 2.41. The predicted molar refractivity (Wildman–Crippen MR) is 107 cm³/mol. The first-order valence-corrected chi connectivity index (χ1v) is 10.8. The minimum absolute atomic E-state index is 0.334. The van der Waals surface area contributed by atoms with Gasteiger partial charge in [-0.1, -0.05) is 50.9 Å². The van der Waals surface area contributed by atoms with Gasteiger partial charge in [-0.3, -0.25) is 0 Å². The number of hydrogen-bond donors (Lipinski definition) is 2. The first-order valence-electron chi connectivity index (χ1n) is 10.8. The van der Waals surface area contributed by atoms with E-state index in [2.05, 4.69) is 17.7 Å². The van der Waals surface area contributed by atoms with Crippen LogP contribution in [0.5, 0.6) is 0 Å². The van der Waals surface area contributed by atoms with Crippen LogP contribution in [0.2, 0.25) is 0 Å². The summed E-state index contributed by atoms with van der Waals surface area (Å²) >= 11 is 0. The lowest BCUT2D eigenvalue weighted by Gasteiger charge is -2.25. The number of ether oxygens (including phenoxy) is 2. The third-order valence-electron chi connectivity index (χ3n) is 5.95. The smallest absolute Gasteiger partial charge is 0.384 e. The average Bonchev–Trinajstić information content (AvgIpc) is 3.19. The second kappa shape index (κ2) is 14.9. The van der Waals surface area contributed by atoms with E-state index in [0.717, 1.165) is 32.3 Å². The molecule has 0 spiro atoms. The van der Waals surface area contributed by atoms with Crippen LogP contribution in [0.3, 0.4) is 0 Å². The number of carbonyl (C=O) groups excluding carboxylic acids is 1. The van der Waals surface area contributed by atoms with E-state index in [1.807, 2.05) is 6.92 Å². The van der Waals surface area contributed by atoms with Crippen LogP contribution in [-0.4, -0.2) is 30.5 Å². The van der Waals surface area contributed by atoms with Crippen LogP contribution < -0.4 is 5.90 Å². The molecule has 0 heterocycles. The Labute approximate surface area is 165 Å². The molecule has 5 nitrogen and oxygen atoms in total. The van der Waals surface area contributed by atoms with Crippen molar-refractivity contribution in [3.8, 4) is 11.8 Å². The highest BCUT2D eigenvalue weighted by Gasteiger charge is 2.28. The van der Waals surface area contributed by atoms with E-state index in [4.69, 9.17) is 14.7 Å². The van der Waals surface area contributed by atoms with Gasteiger partial charge in [-0.15, -0.1) is 0 Å². The summed E-state index contributed by atoms with van der Waals surface area (Å²) in [5, 5.41) is 6.50. The van der Waals surface area contributed by atoms with Crippen LogP contribution in [0.4, 0.5) is 0 Å². The summed E-state index contributed by atoms with van der Waals surface area (Å²) in [6, 6.07) is 0. The van der Waals surface area contributed by atoms with Crippen molar-refractivity contribution in [1.29, 1.82) is 0 Å². The summed E-state index contributed by atoms with van der Waals surface area (Å²) in [6.45, 7) is 4.98. The van der Waals surface area contributed by atoms with Gasteiger partial charge in [0.1, 0.15) is 0 Å². The largest absolute Gasteiger partial charge is 0.456 e. The molecule has 0 radical (unpaired) electrons. The lowest BCUT2D eigenvalue weighted by molar-refractivity contribution is -0.136. The molecule has 0 amide bonds. The molecule has 3 aliphatic rings. The van der Waals surface area contributed by atoms with Crippen molar-refractivity contribution < 1.29 is 19.5 Å². The van der Waals surface area contributed by atoms with Gasteiger partial charge in [0.25, 0.3) is 0 Å². The standard InChI is InChI=1S/C13H20O3.C9H16.H3NO/c1-3-15-12-8-5-11(6-9-12)7-10-13(14)16-4-2;1-2-5-9-7-3-6-8(9)4-1;1-2/h11-12H,3-6,8-9H2,1-2H3;8-9H,1-7H2;2H,1H2. The maximum Gasteiger partial charge on any atom is 0.384 e. The van der Waals surface area contributed by atoms with Gasteiger partial charge in [0, 0.05) is 18.4 Å². The molecule has 3 N–H and O–H groups in total. The Morgan fingerprint density at radius 3 is 1.96 bits per heavy atom. The maximum atomic E-state index is 11.0. The number of hydrogen-bond acceptors (Lipinski definition) is 5. The molecule has 3 aliphatic carbocycles. The Kier molecular flexibility index (Phi) is 13.2. The fourth-order valence-electron chi connectivity index (χ4n) is 4.62. The lowest BCUT2D eigenvalue weighted by atomic mass is 9.82. The molecular weight excluding hydrogens is 342 g/mol. The zero-order valence-electron chi connectivity index (χ0n) is 17.3. The highest BCUT2D eigenvalue weighted by atomic mass is 16.5. The Hall–Kier alpha value is -1.09. The zero-order valence-corrected chi connectivity index (χ0v) is 17.3. The first-order chi connectivity index (χ1) is 13.2. The van der Waals surface area contributed by atoms with Gasteiger partial charge in [-0.05, 0) is 51.4 Å². The van der Waals surface area contributed by atoms with Crippen molar-refractivity contribution in [3.05, 3.63) is 0 Å². The molecule has 2 atom stereocenters. The van der Waals surface area contributed by atoms with Crippen molar-refractivity contribution in [3.63, 3.8) is 0 Å². The van der Waals surface area contributed by atoms with Crippen LogP contribution in [-0.2, 0) is 14.3 Å². The van der Waals surface area contributed by atoms with E-state index >= 15 is 0 Å². The van der Waals surface area contributed by atoms with E-state index in [-0.39, 0.29) is 0 Å². The van der Waals surface area contributed by atoms with E-state index in [1.165, 1.54) is 31.1 Å². The van der Waals surface area contributed by atoms with Gasteiger partial charge in [0.15, 0.2) is 0 Å². The summed E-state index contributed by atoms with van der Waals surface area (Å²) in [7, 11) is 0. The first kappa shape index (κ1) is 23.9. The molecule has 0 saturated heterocycles. The Balaban J connectivity index is 0.000000277. The van der Waals surface area contributed by atoms with Crippen molar-refractivity contribution in [2.24, 2.45) is 23.7 Å². The van der Waals surface area contributed by atoms with Crippen LogP contribution in [0.15, 0.2) is 0 Å². The monoisotopic (exact) mass is 381 g/mol. The Morgan fingerprint density at radius 2 is 1.44 bits per heavy atom. The highest BCUT2D eigenvalue weighted by molar-refractivity contribution is 5.88. The second-order valence-electron chi connectivity index (χ2n) is 7.65. The molecule has 0 aromatic carbocycles. The molecule has 27 heavy (non-hydrogen) atoms. The summed E-state index contributed by atoms with van der Waals surface area (Å²) < 4.78 is 10.3. The summed E-state index contributed by atoms with van der Waals surface area (Å²) in [6.07, 6.45) is 15.4. The molecule has 0 aromatic heterocycles. The Bertz CT molecular complexity index is 437. The van der Waals surface area contributed by atoms with E-state index in [1.54, 1.807) is 32.6 Å². The predicted octanol–water partition coefficient (Wildman–Crippen LogP) is 4.46. The van der Waals surface area contributed by atoms with Gasteiger partial charge >= 0.3 is 5.97 Å². The fraction of sp³-hybridized carbons (Fsp3) is 0.864. The SMILES string of the molecule is C1CCC2CCCC2C1.CCOC(=O)C#CC1CCC(OCC)CC1.NO. The van der Waals surface area contributed by atoms with Gasteiger partial charge in [0.2, 0.25) is 0 Å². The van der Waals surface area contributed by atoms with Gasteiger partial charge in [-0.25, -0.2) is 10.7 Å². The number of carbonyl (C=O) groups is 1. The van der Waals surface area contributed by atoms with Gasteiger partial charge < -0.3 is 14.7 Å². The molecule has 3 saturated carbocycles. The molecule has 0 aliphatic heterocycles. The molecule has 3 rings (SSSR count). The third-order valence-corrected chi connectivity index (χ3v) is 5.95.